The molecule has 0 aliphatic carbocycles. The lowest BCUT2D eigenvalue weighted by Gasteiger charge is -2.16. The molecule has 1 atom stereocenters. The average Bonchev–Trinajstić information content (AvgIpc) is 2.31. The lowest BCUT2D eigenvalue weighted by Crippen LogP contribution is -2.08. The Hall–Kier alpha value is -1.16. The number of benzene rings is 1. The Morgan fingerprint density at radius 1 is 1.39 bits per heavy atom. The van der Waals surface area contributed by atoms with Crippen LogP contribution in [0.3, 0.4) is 0 Å². The van der Waals surface area contributed by atoms with Gasteiger partial charge in [-0.2, -0.15) is 0 Å². The van der Waals surface area contributed by atoms with Crippen molar-refractivity contribution in [3.8, 4) is 0 Å². The first kappa shape index (κ1) is 14.9. The van der Waals surface area contributed by atoms with E-state index in [-0.39, 0.29) is 5.97 Å². The molecule has 0 spiro atoms. The molecule has 0 bridgehead atoms. The van der Waals surface area contributed by atoms with Crippen molar-refractivity contribution >= 4 is 23.4 Å². The monoisotopic (exact) mass is 267 g/mol. The van der Waals surface area contributed by atoms with Gasteiger partial charge in [0.2, 0.25) is 0 Å². The fraction of sp³-hybridized carbons (Fsp3) is 0.500. The molecule has 0 radical (unpaired) electrons. The number of nitrogen functional groups attached to an aromatic ring is 1. The molecule has 2 N–H and O–H groups in total. The molecule has 4 heteroatoms. The van der Waals surface area contributed by atoms with Crippen molar-refractivity contribution in [3.63, 3.8) is 0 Å². The van der Waals surface area contributed by atoms with Crippen LogP contribution < -0.4 is 5.73 Å². The minimum Gasteiger partial charge on any atom is -0.462 e. The molecule has 0 saturated heterocycles. The Kier molecular flexibility index (Phi) is 5.54. The number of rotatable bonds is 5. The van der Waals surface area contributed by atoms with Crippen molar-refractivity contribution in [1.29, 1.82) is 0 Å². The van der Waals surface area contributed by atoms with Crippen LogP contribution >= 0.6 is 11.8 Å². The molecule has 1 unspecified atom stereocenters. The van der Waals surface area contributed by atoms with E-state index in [1.54, 1.807) is 30.8 Å². The van der Waals surface area contributed by atoms with Gasteiger partial charge in [0.25, 0.3) is 0 Å². The maximum Gasteiger partial charge on any atom is 0.338 e. The molecule has 0 aliphatic rings. The molecule has 18 heavy (non-hydrogen) atoms. The summed E-state index contributed by atoms with van der Waals surface area (Å²) in [6.07, 6.45) is 0. The van der Waals surface area contributed by atoms with Crippen molar-refractivity contribution in [2.75, 3.05) is 12.3 Å². The van der Waals surface area contributed by atoms with Crippen LogP contribution in [0.5, 0.6) is 0 Å². The van der Waals surface area contributed by atoms with E-state index in [9.17, 15) is 4.79 Å². The van der Waals surface area contributed by atoms with Gasteiger partial charge in [-0.1, -0.05) is 20.8 Å². The van der Waals surface area contributed by atoms with Crippen molar-refractivity contribution in [1.82, 2.24) is 0 Å². The first-order chi connectivity index (χ1) is 8.45. The van der Waals surface area contributed by atoms with Gasteiger partial charge in [0.1, 0.15) is 0 Å². The number of thioether (sulfide) groups is 1. The van der Waals surface area contributed by atoms with E-state index in [0.717, 1.165) is 4.90 Å². The standard InChI is InChI=1S/C14H21NO2S/c1-5-17-14(16)11-6-7-13(12(15)8-11)18-10(4)9(2)3/h6-10H,5,15H2,1-4H3. The van der Waals surface area contributed by atoms with Gasteiger partial charge in [-0.3, -0.25) is 0 Å². The molecule has 1 rings (SSSR count). The average molecular weight is 267 g/mol. The number of carbonyl (C=O) groups is 1. The SMILES string of the molecule is CCOC(=O)c1ccc(SC(C)C(C)C)c(N)c1. The Morgan fingerprint density at radius 2 is 2.06 bits per heavy atom. The lowest BCUT2D eigenvalue weighted by molar-refractivity contribution is 0.0526. The van der Waals surface area contributed by atoms with Gasteiger partial charge in [0.15, 0.2) is 0 Å². The third-order valence-electron chi connectivity index (χ3n) is 2.77. The molecule has 0 fully saturated rings. The van der Waals surface area contributed by atoms with Crippen LogP contribution in [0.15, 0.2) is 23.1 Å². The molecule has 1 aromatic rings. The van der Waals surface area contributed by atoms with Crippen molar-refractivity contribution < 1.29 is 9.53 Å². The van der Waals surface area contributed by atoms with E-state index in [1.165, 1.54) is 0 Å². The number of carbonyl (C=O) groups excluding carboxylic acids is 1. The number of nitrogens with two attached hydrogens (primary N) is 1. The zero-order chi connectivity index (χ0) is 13.7. The molecule has 100 valence electrons. The molecule has 1 aromatic carbocycles. The Bertz CT molecular complexity index is 418. The molecule has 0 aromatic heterocycles. The largest absolute Gasteiger partial charge is 0.462 e. The van der Waals surface area contributed by atoms with E-state index in [1.807, 2.05) is 6.07 Å². The summed E-state index contributed by atoms with van der Waals surface area (Å²) in [4.78, 5) is 12.6. The van der Waals surface area contributed by atoms with Crippen LogP contribution in [0.4, 0.5) is 5.69 Å². The molecule has 3 nitrogen and oxygen atoms in total. The second-order valence-electron chi connectivity index (χ2n) is 4.54. The molecular weight excluding hydrogens is 246 g/mol. The minimum atomic E-state index is -0.322. The second-order valence-corrected chi connectivity index (χ2v) is 5.96. The predicted molar refractivity (Wildman–Crippen MR) is 77.0 cm³/mol. The van der Waals surface area contributed by atoms with Crippen LogP contribution in [-0.2, 0) is 4.74 Å². The van der Waals surface area contributed by atoms with Crippen LogP contribution in [0.1, 0.15) is 38.1 Å². The van der Waals surface area contributed by atoms with E-state index in [0.29, 0.717) is 29.0 Å². The zero-order valence-corrected chi connectivity index (χ0v) is 12.2. The van der Waals surface area contributed by atoms with Crippen molar-refractivity contribution in [2.24, 2.45) is 5.92 Å². The summed E-state index contributed by atoms with van der Waals surface area (Å²) < 4.78 is 4.94. The maximum absolute atomic E-state index is 11.6. The third-order valence-corrected chi connectivity index (χ3v) is 4.31. The van der Waals surface area contributed by atoms with Gasteiger partial charge < -0.3 is 10.5 Å². The van der Waals surface area contributed by atoms with Crippen LogP contribution in [0.2, 0.25) is 0 Å². The third kappa shape index (κ3) is 3.95. The highest BCUT2D eigenvalue weighted by Crippen LogP contribution is 2.32. The summed E-state index contributed by atoms with van der Waals surface area (Å²) in [6.45, 7) is 8.70. The van der Waals surface area contributed by atoms with E-state index < -0.39 is 0 Å². The van der Waals surface area contributed by atoms with E-state index >= 15 is 0 Å². The van der Waals surface area contributed by atoms with Crippen LogP contribution in [0.25, 0.3) is 0 Å². The number of ether oxygens (including phenoxy) is 1. The van der Waals surface area contributed by atoms with Crippen LogP contribution in [0, 0.1) is 5.92 Å². The van der Waals surface area contributed by atoms with Crippen molar-refractivity contribution in [2.45, 2.75) is 37.8 Å². The smallest absolute Gasteiger partial charge is 0.338 e. The summed E-state index contributed by atoms with van der Waals surface area (Å²) in [6, 6.07) is 5.35. The summed E-state index contributed by atoms with van der Waals surface area (Å²) in [7, 11) is 0. The number of hydrogen-bond donors (Lipinski definition) is 1. The van der Waals surface area contributed by atoms with Gasteiger partial charge >= 0.3 is 5.97 Å². The van der Waals surface area contributed by atoms with E-state index in [4.69, 9.17) is 10.5 Å². The summed E-state index contributed by atoms with van der Waals surface area (Å²) in [5.41, 5.74) is 7.12. The number of anilines is 1. The van der Waals surface area contributed by atoms with Gasteiger partial charge in [0.05, 0.1) is 12.2 Å². The predicted octanol–water partition coefficient (Wildman–Crippen LogP) is 3.58. The number of esters is 1. The quantitative estimate of drug-likeness (QED) is 0.503. The fourth-order valence-electron chi connectivity index (χ4n) is 1.33. The fourth-order valence-corrected chi connectivity index (χ4v) is 2.35. The normalized spacial score (nSPS) is 12.5. The molecule has 0 saturated carbocycles. The summed E-state index contributed by atoms with van der Waals surface area (Å²) in [5, 5.41) is 0.487. The molecule has 0 heterocycles. The summed E-state index contributed by atoms with van der Waals surface area (Å²) in [5.74, 6) is 0.261. The topological polar surface area (TPSA) is 52.3 Å². The minimum absolute atomic E-state index is 0.322. The van der Waals surface area contributed by atoms with Gasteiger partial charge in [-0.05, 0) is 31.0 Å². The summed E-state index contributed by atoms with van der Waals surface area (Å²) >= 11 is 1.73. The molecular formula is C14H21NO2S. The van der Waals surface area contributed by atoms with Gasteiger partial charge in [-0.25, -0.2) is 4.79 Å². The van der Waals surface area contributed by atoms with E-state index in [2.05, 4.69) is 20.8 Å². The highest BCUT2D eigenvalue weighted by Gasteiger charge is 2.13. The molecule has 0 aliphatic heterocycles. The Balaban J connectivity index is 2.83. The second kappa shape index (κ2) is 6.69. The van der Waals surface area contributed by atoms with Crippen molar-refractivity contribution in [3.05, 3.63) is 23.8 Å². The van der Waals surface area contributed by atoms with Gasteiger partial charge in [0, 0.05) is 15.8 Å². The number of hydrogen-bond acceptors (Lipinski definition) is 4. The van der Waals surface area contributed by atoms with Gasteiger partial charge in [-0.15, -0.1) is 11.8 Å². The molecule has 0 amide bonds. The maximum atomic E-state index is 11.6. The highest BCUT2D eigenvalue weighted by atomic mass is 32.2. The highest BCUT2D eigenvalue weighted by molar-refractivity contribution is 8.00. The zero-order valence-electron chi connectivity index (χ0n) is 11.4. The first-order valence-corrected chi connectivity index (χ1v) is 7.07. The Morgan fingerprint density at radius 3 is 2.56 bits per heavy atom. The lowest BCUT2D eigenvalue weighted by atomic mass is 10.2. The van der Waals surface area contributed by atoms with Crippen LogP contribution in [-0.4, -0.2) is 17.8 Å². The Labute approximate surface area is 113 Å². The first-order valence-electron chi connectivity index (χ1n) is 6.19.